The second kappa shape index (κ2) is 19.1. The number of aromatic amines is 1. The van der Waals surface area contributed by atoms with E-state index < -0.39 is 23.4 Å². The zero-order valence-corrected chi connectivity index (χ0v) is 35.8. The molecule has 1 aliphatic carbocycles. The number of hydrogen-bond donors (Lipinski definition) is 5. The molecule has 4 aromatic rings. The SMILES string of the molecule is C[C@@H]1C[C@@H](O)CN1C(=O)[C@@H](NC(=O)CCCCCCCNC(=O)CN1CCN(C(=O)c2ccc(Nc3nc(C4CC4)cn4c(-c5cn[nH]c5)cnc34)c(F)c2)CC1)C(C)(C)C. The van der Waals surface area contributed by atoms with Crippen LogP contribution in [0.3, 0.4) is 0 Å². The van der Waals surface area contributed by atoms with Crippen LogP contribution in [0.1, 0.15) is 107 Å². The average Bonchev–Trinajstić information content (AvgIpc) is 3.57. The molecule has 7 rings (SSSR count). The molecule has 3 fully saturated rings. The van der Waals surface area contributed by atoms with Gasteiger partial charge < -0.3 is 30.9 Å². The Morgan fingerprint density at radius 1 is 1.00 bits per heavy atom. The number of rotatable bonds is 17. The zero-order chi connectivity index (χ0) is 43.3. The Labute approximate surface area is 356 Å². The number of aromatic nitrogens is 5. The number of carbonyl (C=O) groups excluding carboxylic acids is 4. The number of hydrogen-bond acceptors (Lipinski definition) is 10. The third-order valence-electron chi connectivity index (χ3n) is 12.0. The molecule has 3 aliphatic rings. The molecule has 5 N–H and O–H groups in total. The lowest BCUT2D eigenvalue weighted by Gasteiger charge is -2.35. The van der Waals surface area contributed by atoms with Gasteiger partial charge in [-0.25, -0.2) is 14.4 Å². The van der Waals surface area contributed by atoms with E-state index in [0.717, 1.165) is 55.5 Å². The molecule has 2 saturated heterocycles. The molecular formula is C44H60FN11O5. The van der Waals surface area contributed by atoms with Gasteiger partial charge in [-0.15, -0.1) is 0 Å². The number of nitrogens with one attached hydrogen (secondary N) is 4. The van der Waals surface area contributed by atoms with E-state index in [-0.39, 0.29) is 47.5 Å². The maximum atomic E-state index is 15.6. The number of H-pyrrole nitrogens is 1. The number of piperazine rings is 1. The van der Waals surface area contributed by atoms with Gasteiger partial charge in [0.1, 0.15) is 11.9 Å². The number of likely N-dealkylation sites (tertiary alicyclic amines) is 1. The number of aliphatic hydroxyl groups is 1. The first-order valence-corrected chi connectivity index (χ1v) is 21.7. The maximum absolute atomic E-state index is 15.6. The molecule has 1 saturated carbocycles. The molecule has 3 atom stereocenters. The van der Waals surface area contributed by atoms with E-state index >= 15 is 4.39 Å². The van der Waals surface area contributed by atoms with Gasteiger partial charge in [-0.1, -0.05) is 40.0 Å². The van der Waals surface area contributed by atoms with Crippen LogP contribution in [0.5, 0.6) is 0 Å². The number of fused-ring (bicyclic) bond motifs is 1. The summed E-state index contributed by atoms with van der Waals surface area (Å²) in [5, 5.41) is 26.0. The van der Waals surface area contributed by atoms with Gasteiger partial charge in [-0.2, -0.15) is 5.10 Å². The maximum Gasteiger partial charge on any atom is 0.254 e. The summed E-state index contributed by atoms with van der Waals surface area (Å²) >= 11 is 0. The summed E-state index contributed by atoms with van der Waals surface area (Å²) < 4.78 is 17.5. The van der Waals surface area contributed by atoms with E-state index in [1.807, 2.05) is 43.2 Å². The van der Waals surface area contributed by atoms with Gasteiger partial charge in [0.15, 0.2) is 11.5 Å². The summed E-state index contributed by atoms with van der Waals surface area (Å²) in [6.07, 6.45) is 14.0. The van der Waals surface area contributed by atoms with E-state index in [1.54, 1.807) is 40.5 Å². The molecule has 3 aromatic heterocycles. The summed E-state index contributed by atoms with van der Waals surface area (Å²) in [5.74, 6) is -0.401. The van der Waals surface area contributed by atoms with Gasteiger partial charge in [0.25, 0.3) is 5.91 Å². The fraction of sp³-hybridized carbons (Fsp3) is 0.568. The van der Waals surface area contributed by atoms with Crippen molar-refractivity contribution >= 4 is 40.8 Å². The number of carbonyl (C=O) groups is 4. The molecule has 1 aromatic carbocycles. The first-order valence-electron chi connectivity index (χ1n) is 21.7. The van der Waals surface area contributed by atoms with E-state index in [0.29, 0.717) is 75.9 Å². The second-order valence-corrected chi connectivity index (χ2v) is 18.0. The Hall–Kier alpha value is -5.42. The number of unbranched alkanes of at least 4 members (excludes halogenated alkanes) is 4. The molecule has 61 heavy (non-hydrogen) atoms. The van der Waals surface area contributed by atoms with Crippen molar-refractivity contribution < 1.29 is 28.7 Å². The number of benzene rings is 1. The highest BCUT2D eigenvalue weighted by atomic mass is 19.1. The lowest BCUT2D eigenvalue weighted by Crippen LogP contribution is -2.55. The van der Waals surface area contributed by atoms with Crippen molar-refractivity contribution in [3.8, 4) is 11.3 Å². The van der Waals surface area contributed by atoms with Crippen molar-refractivity contribution in [2.45, 2.75) is 110 Å². The fourth-order valence-corrected chi connectivity index (χ4v) is 8.22. The quantitative estimate of drug-likeness (QED) is 0.0939. The highest BCUT2D eigenvalue weighted by Crippen LogP contribution is 2.40. The molecular weight excluding hydrogens is 782 g/mol. The van der Waals surface area contributed by atoms with Crippen molar-refractivity contribution in [1.29, 1.82) is 0 Å². The number of aliphatic hydroxyl groups excluding tert-OH is 1. The average molecular weight is 842 g/mol. The molecule has 17 heteroatoms. The number of β-amino-alcohol motifs (C(OH)–C–C–N with tert-alkyl or cyclic N) is 1. The lowest BCUT2D eigenvalue weighted by molar-refractivity contribution is -0.140. The van der Waals surface area contributed by atoms with Crippen LogP contribution in [0.15, 0.2) is 43.0 Å². The van der Waals surface area contributed by atoms with Gasteiger partial charge in [0, 0.05) is 81.2 Å². The van der Waals surface area contributed by atoms with Gasteiger partial charge in [0.2, 0.25) is 17.7 Å². The predicted octanol–water partition coefficient (Wildman–Crippen LogP) is 4.61. The van der Waals surface area contributed by atoms with Crippen molar-refractivity contribution in [3.63, 3.8) is 0 Å². The first-order chi connectivity index (χ1) is 29.2. The van der Waals surface area contributed by atoms with E-state index in [9.17, 15) is 24.3 Å². The molecule has 328 valence electrons. The van der Waals surface area contributed by atoms with Gasteiger partial charge in [0.05, 0.1) is 42.1 Å². The van der Waals surface area contributed by atoms with Crippen molar-refractivity contribution in [1.82, 2.24) is 49.9 Å². The molecule has 0 unspecified atom stereocenters. The number of imidazole rings is 1. The number of halogens is 1. The molecule has 0 radical (unpaired) electrons. The molecule has 16 nitrogen and oxygen atoms in total. The largest absolute Gasteiger partial charge is 0.391 e. The molecule has 4 amide bonds. The monoisotopic (exact) mass is 841 g/mol. The molecule has 2 aliphatic heterocycles. The van der Waals surface area contributed by atoms with Gasteiger partial charge in [-0.05, 0) is 62.6 Å². The highest BCUT2D eigenvalue weighted by Gasteiger charge is 2.40. The van der Waals surface area contributed by atoms with Crippen LogP contribution in [0, 0.1) is 11.2 Å². The Kier molecular flexibility index (Phi) is 13.7. The Bertz CT molecular complexity index is 2180. The smallest absolute Gasteiger partial charge is 0.254 e. The minimum absolute atomic E-state index is 0.0592. The van der Waals surface area contributed by atoms with E-state index in [4.69, 9.17) is 4.98 Å². The Balaban J connectivity index is 0.786. The third kappa shape index (κ3) is 10.9. The van der Waals surface area contributed by atoms with Crippen LogP contribution in [0.25, 0.3) is 16.9 Å². The standard InChI is InChI=1S/C44H60FN11O5/c1-28-20-32(57)25-55(28)43(61)39(44(2,3)4)52-37(58)10-8-6-5-7-9-15-46-38(59)27-53-16-18-54(19-17-53)42(60)30-13-14-34(33(45)21-30)50-40-41-47-24-36(31-22-48-49-23-31)56(41)26-35(51-40)29-11-12-29/h13-14,21-24,26,28-29,32,39,57H,5-12,15-20,25,27H2,1-4H3,(H,46,59)(H,48,49)(H,50,51)(H,52,58)/t28-,32-,39-/m1/s1. The summed E-state index contributed by atoms with van der Waals surface area (Å²) in [5.41, 5.74) is 3.16. The fourth-order valence-electron chi connectivity index (χ4n) is 8.22. The summed E-state index contributed by atoms with van der Waals surface area (Å²) in [4.78, 5) is 66.9. The zero-order valence-electron chi connectivity index (χ0n) is 35.8. The van der Waals surface area contributed by atoms with Gasteiger partial charge in [-0.3, -0.25) is 33.6 Å². The summed E-state index contributed by atoms with van der Waals surface area (Å²) in [6.45, 7) is 10.7. The van der Waals surface area contributed by atoms with Crippen molar-refractivity contribution in [2.24, 2.45) is 5.41 Å². The van der Waals surface area contributed by atoms with E-state index in [1.165, 1.54) is 6.07 Å². The van der Waals surface area contributed by atoms with E-state index in [2.05, 4.69) is 31.1 Å². The van der Waals surface area contributed by atoms with Crippen LogP contribution < -0.4 is 16.0 Å². The van der Waals surface area contributed by atoms with Crippen LogP contribution >= 0.6 is 0 Å². The first kappa shape index (κ1) is 43.7. The molecule has 0 spiro atoms. The number of amides is 4. The molecule has 5 heterocycles. The number of anilines is 2. The van der Waals surface area contributed by atoms with Crippen LogP contribution in [-0.4, -0.2) is 132 Å². The topological polar surface area (TPSA) is 193 Å². The van der Waals surface area contributed by atoms with Crippen LogP contribution in [0.2, 0.25) is 0 Å². The summed E-state index contributed by atoms with van der Waals surface area (Å²) in [7, 11) is 0. The predicted molar refractivity (Wildman–Crippen MR) is 228 cm³/mol. The number of nitrogens with zero attached hydrogens (tertiary/aromatic N) is 7. The normalized spacial score (nSPS) is 19.0. The van der Waals surface area contributed by atoms with Gasteiger partial charge >= 0.3 is 0 Å². The second-order valence-electron chi connectivity index (χ2n) is 18.0. The third-order valence-corrected chi connectivity index (χ3v) is 12.0. The lowest BCUT2D eigenvalue weighted by atomic mass is 9.85. The van der Waals surface area contributed by atoms with Crippen molar-refractivity contribution in [3.05, 3.63) is 60.1 Å². The Morgan fingerprint density at radius 3 is 2.43 bits per heavy atom. The highest BCUT2D eigenvalue weighted by molar-refractivity contribution is 5.95. The Morgan fingerprint density at radius 2 is 1.75 bits per heavy atom. The van der Waals surface area contributed by atoms with Crippen LogP contribution in [-0.2, 0) is 14.4 Å². The van der Waals surface area contributed by atoms with Crippen LogP contribution in [0.4, 0.5) is 15.9 Å². The minimum atomic E-state index is -0.653. The van der Waals surface area contributed by atoms with Crippen molar-refractivity contribution in [2.75, 3.05) is 51.1 Å². The minimum Gasteiger partial charge on any atom is -0.391 e. The summed E-state index contributed by atoms with van der Waals surface area (Å²) in [6, 6.07) is 3.71. The molecule has 0 bridgehead atoms.